The Hall–Kier alpha value is -1.35. The molecule has 1 aliphatic heterocycles. The highest BCUT2D eigenvalue weighted by molar-refractivity contribution is 7.91. The summed E-state index contributed by atoms with van der Waals surface area (Å²) in [5.74, 6) is -0.0644. The van der Waals surface area contributed by atoms with Gasteiger partial charge in [-0.1, -0.05) is 53.0 Å². The van der Waals surface area contributed by atoms with Gasteiger partial charge in [0.1, 0.15) is 9.84 Å². The smallest absolute Gasteiger partial charge is 0.233 e. The van der Waals surface area contributed by atoms with E-state index in [1.54, 1.807) is 36.2 Å². The van der Waals surface area contributed by atoms with Gasteiger partial charge in [-0.2, -0.15) is 0 Å². The molecule has 1 saturated heterocycles. The molecule has 0 aromatic heterocycles. The van der Waals surface area contributed by atoms with E-state index in [-0.39, 0.29) is 12.1 Å². The summed E-state index contributed by atoms with van der Waals surface area (Å²) < 4.78 is 24.0. The number of likely N-dealkylation sites (N-methyl/N-ethyl adjacent to an activating group) is 1. The van der Waals surface area contributed by atoms with Crippen molar-refractivity contribution in [1.82, 2.24) is 9.80 Å². The number of carbonyl (C=O) groups excluding carboxylic acids is 1. The molecular weight excluding hydrogens is 529 g/mol. The minimum absolute atomic E-state index is 0.0644. The van der Waals surface area contributed by atoms with E-state index in [4.69, 9.17) is 40.5 Å². The van der Waals surface area contributed by atoms with Gasteiger partial charge in [0.05, 0.1) is 26.9 Å². The van der Waals surface area contributed by atoms with Gasteiger partial charge in [0.25, 0.3) is 0 Å². The van der Waals surface area contributed by atoms with Crippen LogP contribution in [-0.2, 0) is 26.6 Å². The van der Waals surface area contributed by atoms with Gasteiger partial charge in [0.2, 0.25) is 5.91 Å². The molecule has 0 bridgehead atoms. The van der Waals surface area contributed by atoms with Gasteiger partial charge in [0, 0.05) is 38.0 Å². The van der Waals surface area contributed by atoms with Crippen LogP contribution in [-0.4, -0.2) is 61.9 Å². The van der Waals surface area contributed by atoms with Crippen molar-refractivity contribution in [3.05, 3.63) is 68.7 Å². The zero-order valence-electron chi connectivity index (χ0n) is 20.2. The summed E-state index contributed by atoms with van der Waals surface area (Å²) in [6, 6.07) is 12.7. The second kappa shape index (κ2) is 11.4. The maximum Gasteiger partial charge on any atom is 0.233 e. The summed E-state index contributed by atoms with van der Waals surface area (Å²) >= 11 is 18.5. The lowest BCUT2D eigenvalue weighted by atomic mass is 9.77. The summed E-state index contributed by atoms with van der Waals surface area (Å²) in [5.41, 5.74) is 7.17. The van der Waals surface area contributed by atoms with Gasteiger partial charge in [-0.05, 0) is 61.6 Å². The van der Waals surface area contributed by atoms with E-state index in [1.807, 2.05) is 25.1 Å². The van der Waals surface area contributed by atoms with Crippen LogP contribution in [0, 0.1) is 0 Å². The lowest BCUT2D eigenvalue weighted by Gasteiger charge is -2.40. The highest BCUT2D eigenvalue weighted by Crippen LogP contribution is 2.35. The molecule has 35 heavy (non-hydrogen) atoms. The highest BCUT2D eigenvalue weighted by Gasteiger charge is 2.39. The van der Waals surface area contributed by atoms with Gasteiger partial charge < -0.3 is 10.6 Å². The molecule has 2 aromatic rings. The number of carbonyl (C=O) groups is 1. The van der Waals surface area contributed by atoms with Crippen molar-refractivity contribution in [2.24, 2.45) is 5.73 Å². The van der Waals surface area contributed by atoms with Crippen LogP contribution in [0.1, 0.15) is 37.3 Å². The van der Waals surface area contributed by atoms with E-state index in [0.29, 0.717) is 54.0 Å². The zero-order chi connectivity index (χ0) is 26.0. The summed E-state index contributed by atoms with van der Waals surface area (Å²) in [7, 11) is -1.36. The Bertz CT molecular complexity index is 1160. The number of amides is 1. The van der Waals surface area contributed by atoms with Gasteiger partial charge in [-0.25, -0.2) is 8.42 Å². The summed E-state index contributed by atoms with van der Waals surface area (Å²) in [5, 5.41) is 1.01. The molecule has 6 nitrogen and oxygen atoms in total. The number of nitrogens with two attached hydrogens (primary N) is 1. The third-order valence-electron chi connectivity index (χ3n) is 6.92. The van der Waals surface area contributed by atoms with Crippen LogP contribution in [0.3, 0.4) is 0 Å². The van der Waals surface area contributed by atoms with Crippen molar-refractivity contribution in [1.29, 1.82) is 0 Å². The molecule has 1 aliphatic rings. The predicted molar refractivity (Wildman–Crippen MR) is 144 cm³/mol. The Morgan fingerprint density at radius 3 is 2.37 bits per heavy atom. The third-order valence-corrected chi connectivity index (χ3v) is 9.55. The van der Waals surface area contributed by atoms with Crippen LogP contribution in [0.4, 0.5) is 0 Å². The van der Waals surface area contributed by atoms with Gasteiger partial charge in [-0.3, -0.25) is 9.69 Å². The van der Waals surface area contributed by atoms with Crippen LogP contribution in [0.15, 0.2) is 42.5 Å². The fourth-order valence-corrected chi connectivity index (χ4v) is 6.12. The second-order valence-corrected chi connectivity index (χ2v) is 13.2. The van der Waals surface area contributed by atoms with E-state index in [2.05, 4.69) is 4.90 Å². The Balaban J connectivity index is 1.82. The largest absolute Gasteiger partial charge is 0.341 e. The van der Waals surface area contributed by atoms with E-state index >= 15 is 0 Å². The molecule has 2 N–H and O–H groups in total. The summed E-state index contributed by atoms with van der Waals surface area (Å²) in [4.78, 5) is 17.6. The molecule has 10 heteroatoms. The Morgan fingerprint density at radius 2 is 1.80 bits per heavy atom. The number of nitrogens with zero attached hydrogens (tertiary/aromatic N) is 2. The van der Waals surface area contributed by atoms with Crippen LogP contribution in [0.2, 0.25) is 15.1 Å². The minimum Gasteiger partial charge on any atom is -0.341 e. The normalized spacial score (nSPS) is 20.9. The molecular formula is C25H32Cl3N3O3S. The number of hydrogen-bond acceptors (Lipinski definition) is 5. The fraction of sp³-hybridized carbons (Fsp3) is 0.480. The van der Waals surface area contributed by atoms with Crippen molar-refractivity contribution in [2.75, 3.05) is 26.4 Å². The maximum atomic E-state index is 13.9. The topological polar surface area (TPSA) is 83.7 Å². The molecule has 1 amide bonds. The van der Waals surface area contributed by atoms with Gasteiger partial charge in [0.15, 0.2) is 0 Å². The van der Waals surface area contributed by atoms with Crippen molar-refractivity contribution in [3.8, 4) is 0 Å². The number of hydrogen-bond donors (Lipinski definition) is 1. The highest BCUT2D eigenvalue weighted by atomic mass is 35.5. The SMILES string of the molecule is CN(Cc1ccc(Cl)cc1)C(=O)C(C)(CCN1CCC(S(C)(=O)=O)CC1N)c1ccc(Cl)c(Cl)c1. The van der Waals surface area contributed by atoms with E-state index in [1.165, 1.54) is 6.26 Å². The third kappa shape index (κ3) is 6.90. The fourth-order valence-electron chi connectivity index (χ4n) is 4.62. The van der Waals surface area contributed by atoms with Crippen LogP contribution in [0.5, 0.6) is 0 Å². The van der Waals surface area contributed by atoms with Crippen LogP contribution < -0.4 is 5.73 Å². The molecule has 0 aliphatic carbocycles. The van der Waals surface area contributed by atoms with Gasteiger partial charge >= 0.3 is 0 Å². The lowest BCUT2D eigenvalue weighted by Crippen LogP contribution is -2.53. The summed E-state index contributed by atoms with van der Waals surface area (Å²) in [6.45, 7) is 3.42. The molecule has 3 unspecified atom stereocenters. The lowest BCUT2D eigenvalue weighted by molar-refractivity contribution is -0.136. The first-order chi connectivity index (χ1) is 16.3. The number of likely N-dealkylation sites (tertiary alicyclic amines) is 1. The van der Waals surface area contributed by atoms with Crippen LogP contribution in [0.25, 0.3) is 0 Å². The average Bonchev–Trinajstić information content (AvgIpc) is 2.80. The van der Waals surface area contributed by atoms with E-state index in [0.717, 1.165) is 11.1 Å². The Morgan fingerprint density at radius 1 is 1.14 bits per heavy atom. The first-order valence-corrected chi connectivity index (χ1v) is 14.5. The Labute approximate surface area is 223 Å². The van der Waals surface area contributed by atoms with Crippen molar-refractivity contribution in [3.63, 3.8) is 0 Å². The maximum absolute atomic E-state index is 13.9. The quantitative estimate of drug-likeness (QED) is 0.504. The van der Waals surface area contributed by atoms with Crippen molar-refractivity contribution >= 4 is 50.5 Å². The molecule has 1 fully saturated rings. The number of benzene rings is 2. The van der Waals surface area contributed by atoms with E-state index in [9.17, 15) is 13.2 Å². The molecule has 0 spiro atoms. The van der Waals surface area contributed by atoms with Crippen molar-refractivity contribution < 1.29 is 13.2 Å². The molecule has 3 atom stereocenters. The molecule has 0 saturated carbocycles. The first-order valence-electron chi connectivity index (χ1n) is 11.5. The molecule has 3 rings (SSSR count). The van der Waals surface area contributed by atoms with E-state index < -0.39 is 20.5 Å². The molecule has 1 heterocycles. The molecule has 0 radical (unpaired) electrons. The molecule has 192 valence electrons. The number of halogens is 3. The zero-order valence-corrected chi connectivity index (χ0v) is 23.3. The number of rotatable bonds is 8. The number of piperidine rings is 1. The predicted octanol–water partition coefficient (Wildman–Crippen LogP) is 4.75. The number of sulfone groups is 1. The Kier molecular flexibility index (Phi) is 9.16. The minimum atomic E-state index is -3.14. The average molecular weight is 561 g/mol. The van der Waals surface area contributed by atoms with Crippen molar-refractivity contribution in [2.45, 2.75) is 49.6 Å². The van der Waals surface area contributed by atoms with Crippen LogP contribution >= 0.6 is 34.8 Å². The monoisotopic (exact) mass is 559 g/mol. The second-order valence-electron chi connectivity index (χ2n) is 9.58. The first kappa shape index (κ1) is 28.2. The standard InChI is InChI=1S/C25H32Cl3N3O3S/c1-25(18-6-9-21(27)22(28)14-18,24(32)30(2)16-17-4-7-19(26)8-5-17)11-13-31-12-10-20(15-23(31)29)35(3,33)34/h4-9,14,20,23H,10-13,15-16,29H2,1-3H3. The summed E-state index contributed by atoms with van der Waals surface area (Å²) in [6.07, 6.45) is 2.26. The molecule has 2 aromatic carbocycles. The van der Waals surface area contributed by atoms with Gasteiger partial charge in [-0.15, -0.1) is 0 Å².